The van der Waals surface area contributed by atoms with E-state index < -0.39 is 0 Å². The largest absolute Gasteiger partial charge is 0.489 e. The first-order valence-electron chi connectivity index (χ1n) is 10.3. The minimum absolute atomic E-state index is 0.0908. The smallest absolute Gasteiger partial charge is 0.262 e. The number of para-hydroxylation sites is 1. The van der Waals surface area contributed by atoms with Gasteiger partial charge in [-0.05, 0) is 66.2 Å². The Morgan fingerprint density at radius 3 is 1.78 bits per heavy atom. The van der Waals surface area contributed by atoms with Gasteiger partial charge < -0.3 is 19.5 Å². The molecule has 5 heteroatoms. The fourth-order valence-electron chi connectivity index (χ4n) is 2.95. The number of amides is 1. The highest BCUT2D eigenvalue weighted by atomic mass is 16.5. The minimum atomic E-state index is -0.244. The van der Waals surface area contributed by atoms with Crippen molar-refractivity contribution >= 4 is 11.6 Å². The molecule has 5 nitrogen and oxygen atoms in total. The van der Waals surface area contributed by atoms with Crippen molar-refractivity contribution < 1.29 is 19.0 Å². The van der Waals surface area contributed by atoms with E-state index in [0.29, 0.717) is 23.8 Å². The zero-order valence-electron chi connectivity index (χ0n) is 17.4. The van der Waals surface area contributed by atoms with Crippen LogP contribution in [-0.2, 0) is 11.4 Å². The molecule has 0 fully saturated rings. The SMILES string of the molecule is O=C(COc1ccc(OCc2ccccc2)cc1)Nc1ccc(Oc2ccccc2)cc1. The average Bonchev–Trinajstić information content (AvgIpc) is 2.85. The van der Waals surface area contributed by atoms with Crippen molar-refractivity contribution in [3.63, 3.8) is 0 Å². The number of nitrogens with one attached hydrogen (secondary N) is 1. The third-order valence-electron chi connectivity index (χ3n) is 4.56. The van der Waals surface area contributed by atoms with Gasteiger partial charge in [0.1, 0.15) is 29.6 Å². The zero-order valence-corrected chi connectivity index (χ0v) is 17.4. The van der Waals surface area contributed by atoms with Crippen LogP contribution < -0.4 is 19.5 Å². The Balaban J connectivity index is 1.21. The van der Waals surface area contributed by atoms with Crippen LogP contribution in [0.15, 0.2) is 109 Å². The van der Waals surface area contributed by atoms with E-state index in [1.54, 1.807) is 36.4 Å². The van der Waals surface area contributed by atoms with Crippen LogP contribution in [0, 0.1) is 0 Å². The van der Waals surface area contributed by atoms with E-state index in [1.165, 1.54) is 0 Å². The highest BCUT2D eigenvalue weighted by Gasteiger charge is 2.05. The number of hydrogen-bond donors (Lipinski definition) is 1. The Bertz CT molecular complexity index is 1110. The van der Waals surface area contributed by atoms with Crippen LogP contribution in [0.25, 0.3) is 0 Å². The summed E-state index contributed by atoms with van der Waals surface area (Å²) < 4.78 is 17.1. The van der Waals surface area contributed by atoms with Gasteiger partial charge >= 0.3 is 0 Å². The zero-order chi connectivity index (χ0) is 22.0. The van der Waals surface area contributed by atoms with Gasteiger partial charge in [0.05, 0.1) is 0 Å². The number of carbonyl (C=O) groups excluding carboxylic acids is 1. The molecule has 4 rings (SSSR count). The van der Waals surface area contributed by atoms with Gasteiger partial charge in [0, 0.05) is 5.69 Å². The summed E-state index contributed by atoms with van der Waals surface area (Å²) in [5.74, 6) is 2.54. The predicted molar refractivity (Wildman–Crippen MR) is 124 cm³/mol. The Morgan fingerprint density at radius 2 is 1.12 bits per heavy atom. The molecule has 0 heterocycles. The summed E-state index contributed by atoms with van der Waals surface area (Å²) in [7, 11) is 0. The standard InChI is InChI=1S/C27H23NO4/c29-27(28-22-11-13-26(14-12-22)32-25-9-5-2-6-10-25)20-31-24-17-15-23(16-18-24)30-19-21-7-3-1-4-8-21/h1-18H,19-20H2,(H,28,29). The van der Waals surface area contributed by atoms with Crippen LogP contribution in [0.1, 0.15) is 5.56 Å². The average molecular weight is 425 g/mol. The first-order valence-corrected chi connectivity index (χ1v) is 10.3. The molecule has 1 N–H and O–H groups in total. The van der Waals surface area contributed by atoms with Crippen molar-refractivity contribution in [3.8, 4) is 23.0 Å². The Kier molecular flexibility index (Phi) is 7.01. The fourth-order valence-corrected chi connectivity index (χ4v) is 2.95. The van der Waals surface area contributed by atoms with E-state index in [1.807, 2.05) is 72.8 Å². The molecule has 0 saturated carbocycles. The first-order chi connectivity index (χ1) is 15.7. The molecule has 0 atom stereocenters. The van der Waals surface area contributed by atoms with Crippen LogP contribution in [0.4, 0.5) is 5.69 Å². The number of rotatable bonds is 9. The molecule has 4 aromatic carbocycles. The van der Waals surface area contributed by atoms with Crippen LogP contribution in [0.2, 0.25) is 0 Å². The lowest BCUT2D eigenvalue weighted by atomic mass is 10.2. The van der Waals surface area contributed by atoms with E-state index in [2.05, 4.69) is 5.32 Å². The minimum Gasteiger partial charge on any atom is -0.489 e. The molecule has 0 unspecified atom stereocenters. The van der Waals surface area contributed by atoms with Crippen LogP contribution >= 0.6 is 0 Å². The number of benzene rings is 4. The van der Waals surface area contributed by atoms with E-state index in [-0.39, 0.29) is 12.5 Å². The summed E-state index contributed by atoms with van der Waals surface area (Å²) in [6, 6.07) is 33.9. The molecule has 160 valence electrons. The number of carbonyl (C=O) groups is 1. The second-order valence-corrected chi connectivity index (χ2v) is 7.02. The summed E-state index contributed by atoms with van der Waals surface area (Å²) in [4.78, 5) is 12.2. The van der Waals surface area contributed by atoms with Crippen molar-refractivity contribution in [2.24, 2.45) is 0 Å². The maximum atomic E-state index is 12.2. The van der Waals surface area contributed by atoms with Crippen molar-refractivity contribution in [2.45, 2.75) is 6.61 Å². The molecule has 0 spiro atoms. The van der Waals surface area contributed by atoms with Gasteiger partial charge in [0.25, 0.3) is 5.91 Å². The monoisotopic (exact) mass is 425 g/mol. The number of ether oxygens (including phenoxy) is 3. The predicted octanol–water partition coefficient (Wildman–Crippen LogP) is 6.08. The quantitative estimate of drug-likeness (QED) is 0.353. The summed E-state index contributed by atoms with van der Waals surface area (Å²) in [5, 5.41) is 2.81. The topological polar surface area (TPSA) is 56.8 Å². The molecule has 0 aliphatic rings. The van der Waals surface area contributed by atoms with Crippen LogP contribution in [-0.4, -0.2) is 12.5 Å². The normalized spacial score (nSPS) is 10.2. The van der Waals surface area contributed by atoms with Crippen LogP contribution in [0.3, 0.4) is 0 Å². The van der Waals surface area contributed by atoms with Gasteiger partial charge in [-0.2, -0.15) is 0 Å². The molecule has 1 amide bonds. The molecule has 0 aromatic heterocycles. The molecule has 4 aromatic rings. The maximum absolute atomic E-state index is 12.2. The third kappa shape index (κ3) is 6.37. The number of anilines is 1. The molecule has 0 saturated heterocycles. The van der Waals surface area contributed by atoms with Gasteiger partial charge in [0.2, 0.25) is 0 Å². The van der Waals surface area contributed by atoms with Gasteiger partial charge in [-0.15, -0.1) is 0 Å². The van der Waals surface area contributed by atoms with Crippen molar-refractivity contribution in [2.75, 3.05) is 11.9 Å². The molecule has 0 bridgehead atoms. The van der Waals surface area contributed by atoms with Gasteiger partial charge in [-0.25, -0.2) is 0 Å². The summed E-state index contributed by atoms with van der Waals surface area (Å²) in [5.41, 5.74) is 1.77. The second kappa shape index (κ2) is 10.7. The van der Waals surface area contributed by atoms with E-state index in [9.17, 15) is 4.79 Å². The van der Waals surface area contributed by atoms with Gasteiger partial charge in [-0.3, -0.25) is 4.79 Å². The van der Waals surface area contributed by atoms with Crippen LogP contribution in [0.5, 0.6) is 23.0 Å². The van der Waals surface area contributed by atoms with Crippen molar-refractivity contribution in [3.05, 3.63) is 115 Å². The lowest BCUT2D eigenvalue weighted by Gasteiger charge is -2.10. The van der Waals surface area contributed by atoms with Crippen molar-refractivity contribution in [1.82, 2.24) is 0 Å². The highest BCUT2D eigenvalue weighted by Crippen LogP contribution is 2.23. The molecule has 32 heavy (non-hydrogen) atoms. The van der Waals surface area contributed by atoms with Gasteiger partial charge in [-0.1, -0.05) is 48.5 Å². The Hall–Kier alpha value is -4.25. The first kappa shape index (κ1) is 21.0. The highest BCUT2D eigenvalue weighted by molar-refractivity contribution is 5.91. The van der Waals surface area contributed by atoms with Gasteiger partial charge in [0.15, 0.2) is 6.61 Å². The van der Waals surface area contributed by atoms with E-state index in [4.69, 9.17) is 14.2 Å². The molecule has 0 aliphatic heterocycles. The van der Waals surface area contributed by atoms with E-state index >= 15 is 0 Å². The molecule has 0 aliphatic carbocycles. The second-order valence-electron chi connectivity index (χ2n) is 7.02. The molecule has 0 radical (unpaired) electrons. The Morgan fingerprint density at radius 1 is 0.594 bits per heavy atom. The fraction of sp³-hybridized carbons (Fsp3) is 0.0741. The third-order valence-corrected chi connectivity index (χ3v) is 4.56. The summed E-state index contributed by atoms with van der Waals surface area (Å²) >= 11 is 0. The summed E-state index contributed by atoms with van der Waals surface area (Å²) in [6.45, 7) is 0.408. The molecular formula is C27H23NO4. The lowest BCUT2D eigenvalue weighted by Crippen LogP contribution is -2.20. The molecular weight excluding hydrogens is 402 g/mol. The van der Waals surface area contributed by atoms with E-state index in [0.717, 1.165) is 17.1 Å². The van der Waals surface area contributed by atoms with Crippen molar-refractivity contribution in [1.29, 1.82) is 0 Å². The lowest BCUT2D eigenvalue weighted by molar-refractivity contribution is -0.118. The summed E-state index contributed by atoms with van der Waals surface area (Å²) in [6.07, 6.45) is 0. The Labute approximate surface area is 187 Å². The maximum Gasteiger partial charge on any atom is 0.262 e. The number of hydrogen-bond acceptors (Lipinski definition) is 4.